The average Bonchev–Trinajstić information content (AvgIpc) is 2.77. The van der Waals surface area contributed by atoms with Gasteiger partial charge in [0.1, 0.15) is 17.3 Å². The van der Waals surface area contributed by atoms with E-state index in [1.54, 1.807) is 0 Å². The molecule has 0 radical (unpaired) electrons. The number of carbonyl (C=O) groups excluding carboxylic acids is 3. The molecule has 4 aromatic carbocycles. The van der Waals surface area contributed by atoms with Crippen LogP contribution in [-0.4, -0.2) is 17.3 Å². The van der Waals surface area contributed by atoms with Gasteiger partial charge in [0.2, 0.25) is 0 Å². The van der Waals surface area contributed by atoms with E-state index in [0.29, 0.717) is 12.8 Å². The molecule has 0 N–H and O–H groups in total. The van der Waals surface area contributed by atoms with Crippen LogP contribution in [0.5, 0.6) is 0 Å². The minimum Gasteiger partial charge on any atom is -0.299 e. The highest BCUT2D eigenvalue weighted by Crippen LogP contribution is 2.21. The number of ketones is 3. The molecule has 0 saturated heterocycles. The fraction of sp³-hybridized carbons (Fsp3) is 0.179. The van der Waals surface area contributed by atoms with Crippen LogP contribution in [0.1, 0.15) is 30.4 Å². The molecular weight excluding hydrogens is 384 g/mol. The van der Waals surface area contributed by atoms with Crippen molar-refractivity contribution in [2.45, 2.75) is 32.1 Å². The van der Waals surface area contributed by atoms with Crippen molar-refractivity contribution in [3.8, 4) is 0 Å². The maximum absolute atomic E-state index is 12.4. The third kappa shape index (κ3) is 5.13. The van der Waals surface area contributed by atoms with E-state index in [-0.39, 0.29) is 36.6 Å². The number of carbonyl (C=O) groups is 3. The van der Waals surface area contributed by atoms with Crippen LogP contribution in [0.25, 0.3) is 21.5 Å². The van der Waals surface area contributed by atoms with Crippen molar-refractivity contribution >= 4 is 38.9 Å². The van der Waals surface area contributed by atoms with Gasteiger partial charge in [-0.25, -0.2) is 0 Å². The number of hydrogen-bond donors (Lipinski definition) is 0. The molecule has 154 valence electrons. The molecule has 0 heterocycles. The highest BCUT2D eigenvalue weighted by Gasteiger charge is 2.15. The molecule has 0 bridgehead atoms. The van der Waals surface area contributed by atoms with E-state index in [0.717, 1.165) is 32.7 Å². The molecule has 0 fully saturated rings. The summed E-state index contributed by atoms with van der Waals surface area (Å²) >= 11 is 0. The van der Waals surface area contributed by atoms with Gasteiger partial charge in [-0.2, -0.15) is 0 Å². The van der Waals surface area contributed by atoms with Crippen LogP contribution in [0, 0.1) is 0 Å². The summed E-state index contributed by atoms with van der Waals surface area (Å²) in [4.78, 5) is 37.1. The van der Waals surface area contributed by atoms with Crippen LogP contribution in [-0.2, 0) is 27.2 Å². The standard InChI is InChI=1S/C28H24O3/c29-24(16-15-22-11-5-9-20-7-1-3-13-27(20)22)18-26(31)19-25(30)17-23-12-6-10-21-8-2-4-14-28(21)23/h1-14H,15-19H2. The Kier molecular flexibility index (Phi) is 6.32. The molecule has 0 aliphatic rings. The van der Waals surface area contributed by atoms with Crippen LogP contribution in [0.2, 0.25) is 0 Å². The number of rotatable bonds is 9. The lowest BCUT2D eigenvalue weighted by Crippen LogP contribution is -2.14. The fourth-order valence-corrected chi connectivity index (χ4v) is 4.10. The fourth-order valence-electron chi connectivity index (χ4n) is 4.10. The second-order valence-electron chi connectivity index (χ2n) is 7.92. The second-order valence-corrected chi connectivity index (χ2v) is 7.92. The van der Waals surface area contributed by atoms with Gasteiger partial charge in [-0.15, -0.1) is 0 Å². The Labute approximate surface area is 181 Å². The SMILES string of the molecule is O=C(CCc1cccc2ccccc12)CC(=O)CC(=O)Cc1cccc2ccccc12. The Morgan fingerprint density at radius 2 is 1.03 bits per heavy atom. The van der Waals surface area contributed by atoms with Crippen LogP contribution in [0.4, 0.5) is 0 Å². The minimum atomic E-state index is -0.298. The number of hydrogen-bond acceptors (Lipinski definition) is 3. The Hall–Kier alpha value is -3.59. The van der Waals surface area contributed by atoms with Crippen molar-refractivity contribution < 1.29 is 14.4 Å². The summed E-state index contributed by atoms with van der Waals surface area (Å²) in [7, 11) is 0. The zero-order valence-corrected chi connectivity index (χ0v) is 17.3. The van der Waals surface area contributed by atoms with Crippen LogP contribution in [0.3, 0.4) is 0 Å². The summed E-state index contributed by atoms with van der Waals surface area (Å²) in [6.07, 6.45) is 0.737. The Bertz CT molecular complexity index is 1260. The lowest BCUT2D eigenvalue weighted by Gasteiger charge is -2.07. The minimum absolute atomic E-state index is 0.115. The highest BCUT2D eigenvalue weighted by molar-refractivity contribution is 6.08. The van der Waals surface area contributed by atoms with Gasteiger partial charge in [0.05, 0.1) is 12.8 Å². The number of fused-ring (bicyclic) bond motifs is 2. The molecule has 0 amide bonds. The first-order chi connectivity index (χ1) is 15.1. The molecule has 0 saturated carbocycles. The average molecular weight is 408 g/mol. The molecular formula is C28H24O3. The van der Waals surface area contributed by atoms with Gasteiger partial charge in [0.25, 0.3) is 0 Å². The van der Waals surface area contributed by atoms with E-state index in [1.807, 2.05) is 84.9 Å². The first-order valence-electron chi connectivity index (χ1n) is 10.6. The van der Waals surface area contributed by atoms with E-state index >= 15 is 0 Å². The smallest absolute Gasteiger partial charge is 0.147 e. The molecule has 0 unspecified atom stereocenters. The molecule has 4 aromatic rings. The van der Waals surface area contributed by atoms with Gasteiger partial charge < -0.3 is 0 Å². The molecule has 0 atom stereocenters. The quantitative estimate of drug-likeness (QED) is 0.336. The van der Waals surface area contributed by atoms with Gasteiger partial charge in [-0.3, -0.25) is 14.4 Å². The molecule has 0 aliphatic carbocycles. The summed E-state index contributed by atoms with van der Waals surface area (Å²) in [6, 6.07) is 27.8. The summed E-state index contributed by atoms with van der Waals surface area (Å²) in [5.41, 5.74) is 2.02. The van der Waals surface area contributed by atoms with Gasteiger partial charge in [0, 0.05) is 12.8 Å². The number of aryl methyl sites for hydroxylation is 1. The van der Waals surface area contributed by atoms with Crippen LogP contribution >= 0.6 is 0 Å². The monoisotopic (exact) mass is 408 g/mol. The maximum atomic E-state index is 12.4. The van der Waals surface area contributed by atoms with Crippen LogP contribution < -0.4 is 0 Å². The van der Waals surface area contributed by atoms with E-state index in [4.69, 9.17) is 0 Å². The van der Waals surface area contributed by atoms with Crippen LogP contribution in [0.15, 0.2) is 84.9 Å². The largest absolute Gasteiger partial charge is 0.299 e. The van der Waals surface area contributed by atoms with Crippen molar-refractivity contribution in [2.75, 3.05) is 0 Å². The molecule has 3 heteroatoms. The second kappa shape index (κ2) is 9.48. The lowest BCUT2D eigenvalue weighted by atomic mass is 9.96. The lowest BCUT2D eigenvalue weighted by molar-refractivity contribution is -0.129. The van der Waals surface area contributed by atoms with E-state index in [2.05, 4.69) is 0 Å². The highest BCUT2D eigenvalue weighted by atomic mass is 16.2. The van der Waals surface area contributed by atoms with E-state index in [9.17, 15) is 14.4 Å². The zero-order chi connectivity index (χ0) is 21.6. The maximum Gasteiger partial charge on any atom is 0.147 e. The topological polar surface area (TPSA) is 51.2 Å². The van der Waals surface area contributed by atoms with E-state index < -0.39 is 0 Å². The number of Topliss-reactive ketones (excluding diaryl/α,β-unsaturated/α-hetero) is 3. The molecule has 0 spiro atoms. The predicted molar refractivity (Wildman–Crippen MR) is 124 cm³/mol. The van der Waals surface area contributed by atoms with Gasteiger partial charge in [-0.1, -0.05) is 84.9 Å². The Balaban J connectivity index is 1.31. The van der Waals surface area contributed by atoms with Gasteiger partial charge >= 0.3 is 0 Å². The molecule has 31 heavy (non-hydrogen) atoms. The normalized spacial score (nSPS) is 11.0. The molecule has 3 nitrogen and oxygen atoms in total. The Morgan fingerprint density at radius 1 is 0.516 bits per heavy atom. The Morgan fingerprint density at radius 3 is 1.71 bits per heavy atom. The molecule has 0 aliphatic heterocycles. The third-order valence-corrected chi connectivity index (χ3v) is 5.61. The molecule has 4 rings (SSSR count). The van der Waals surface area contributed by atoms with Crippen molar-refractivity contribution in [2.24, 2.45) is 0 Å². The predicted octanol–water partition coefficient (Wildman–Crippen LogP) is 5.66. The first-order valence-corrected chi connectivity index (χ1v) is 10.6. The first kappa shape index (κ1) is 20.7. The summed E-state index contributed by atoms with van der Waals surface area (Å²) < 4.78 is 0. The van der Waals surface area contributed by atoms with E-state index in [1.165, 1.54) is 0 Å². The summed E-state index contributed by atoms with van der Waals surface area (Å²) in [6.45, 7) is 0. The van der Waals surface area contributed by atoms with Gasteiger partial charge in [0.15, 0.2) is 0 Å². The molecule has 0 aromatic heterocycles. The number of benzene rings is 4. The van der Waals surface area contributed by atoms with Crippen molar-refractivity contribution in [3.63, 3.8) is 0 Å². The van der Waals surface area contributed by atoms with Gasteiger partial charge in [-0.05, 0) is 39.1 Å². The van der Waals surface area contributed by atoms with Crippen molar-refractivity contribution in [1.29, 1.82) is 0 Å². The van der Waals surface area contributed by atoms with Crippen molar-refractivity contribution in [3.05, 3.63) is 96.1 Å². The van der Waals surface area contributed by atoms with Crippen molar-refractivity contribution in [1.82, 2.24) is 0 Å². The zero-order valence-electron chi connectivity index (χ0n) is 17.3. The third-order valence-electron chi connectivity index (χ3n) is 5.61. The summed E-state index contributed by atoms with van der Waals surface area (Å²) in [5.74, 6) is -0.563. The summed E-state index contributed by atoms with van der Waals surface area (Å²) in [5, 5.41) is 4.37.